The Kier molecular flexibility index (Phi) is 5.97. The summed E-state index contributed by atoms with van der Waals surface area (Å²) in [7, 11) is 0. The zero-order valence-electron chi connectivity index (χ0n) is 9.21. The van der Waals surface area contributed by atoms with E-state index in [1.165, 1.54) is 6.92 Å². The SMILES string of the molecule is CCC(C)C(C)CCC(=O)C(C)O. The number of aliphatic hydroxyl groups is 1. The average Bonchev–Trinajstić information content (AvgIpc) is 2.11. The molecular formula is C11H22O2. The Morgan fingerprint density at radius 2 is 1.77 bits per heavy atom. The molecule has 0 rings (SSSR count). The van der Waals surface area contributed by atoms with E-state index in [0.717, 1.165) is 12.8 Å². The van der Waals surface area contributed by atoms with Crippen LogP contribution in [0.5, 0.6) is 0 Å². The van der Waals surface area contributed by atoms with E-state index >= 15 is 0 Å². The van der Waals surface area contributed by atoms with E-state index in [-0.39, 0.29) is 5.78 Å². The van der Waals surface area contributed by atoms with Crippen LogP contribution in [0.3, 0.4) is 0 Å². The molecule has 0 aromatic heterocycles. The van der Waals surface area contributed by atoms with Crippen molar-refractivity contribution in [2.75, 3.05) is 0 Å². The third kappa shape index (κ3) is 5.04. The fourth-order valence-electron chi connectivity index (χ4n) is 1.27. The van der Waals surface area contributed by atoms with Crippen LogP contribution in [-0.4, -0.2) is 17.0 Å². The molecule has 78 valence electrons. The van der Waals surface area contributed by atoms with E-state index < -0.39 is 6.10 Å². The van der Waals surface area contributed by atoms with Crippen LogP contribution in [0.2, 0.25) is 0 Å². The summed E-state index contributed by atoms with van der Waals surface area (Å²) in [6.45, 7) is 8.08. The molecule has 0 spiro atoms. The zero-order chi connectivity index (χ0) is 10.4. The zero-order valence-corrected chi connectivity index (χ0v) is 9.21. The van der Waals surface area contributed by atoms with Gasteiger partial charge < -0.3 is 5.11 Å². The minimum absolute atomic E-state index is 0.0323. The molecular weight excluding hydrogens is 164 g/mol. The topological polar surface area (TPSA) is 37.3 Å². The molecule has 0 bridgehead atoms. The third-order valence-corrected chi connectivity index (χ3v) is 2.93. The van der Waals surface area contributed by atoms with Crippen LogP contribution < -0.4 is 0 Å². The van der Waals surface area contributed by atoms with E-state index in [2.05, 4.69) is 20.8 Å². The first kappa shape index (κ1) is 12.6. The second-order valence-electron chi connectivity index (χ2n) is 4.04. The van der Waals surface area contributed by atoms with E-state index in [1.807, 2.05) is 0 Å². The van der Waals surface area contributed by atoms with Gasteiger partial charge in [-0.05, 0) is 25.2 Å². The Morgan fingerprint density at radius 3 is 2.15 bits per heavy atom. The number of hydrogen-bond donors (Lipinski definition) is 1. The number of hydrogen-bond acceptors (Lipinski definition) is 2. The van der Waals surface area contributed by atoms with Crippen LogP contribution >= 0.6 is 0 Å². The number of aliphatic hydroxyl groups excluding tert-OH is 1. The monoisotopic (exact) mass is 186 g/mol. The van der Waals surface area contributed by atoms with Gasteiger partial charge in [-0.1, -0.05) is 27.2 Å². The van der Waals surface area contributed by atoms with E-state index in [4.69, 9.17) is 5.11 Å². The first-order valence-electron chi connectivity index (χ1n) is 5.19. The molecule has 1 N–H and O–H groups in total. The lowest BCUT2D eigenvalue weighted by Crippen LogP contribution is -2.18. The van der Waals surface area contributed by atoms with Gasteiger partial charge in [-0.3, -0.25) is 4.79 Å². The Labute approximate surface area is 81.3 Å². The maximum atomic E-state index is 11.1. The summed E-state index contributed by atoms with van der Waals surface area (Å²) in [5.74, 6) is 1.21. The van der Waals surface area contributed by atoms with E-state index in [0.29, 0.717) is 18.3 Å². The minimum Gasteiger partial charge on any atom is -0.386 e. The van der Waals surface area contributed by atoms with E-state index in [1.54, 1.807) is 0 Å². The molecule has 0 aliphatic heterocycles. The summed E-state index contributed by atoms with van der Waals surface area (Å²) in [5, 5.41) is 8.98. The fraction of sp³-hybridized carbons (Fsp3) is 0.909. The molecule has 0 radical (unpaired) electrons. The largest absolute Gasteiger partial charge is 0.386 e. The van der Waals surface area contributed by atoms with Gasteiger partial charge in [0.15, 0.2) is 5.78 Å². The molecule has 0 amide bonds. The lowest BCUT2D eigenvalue weighted by Gasteiger charge is -2.17. The molecule has 0 heterocycles. The molecule has 0 aromatic rings. The van der Waals surface area contributed by atoms with Crippen LogP contribution in [0, 0.1) is 11.8 Å². The fourth-order valence-corrected chi connectivity index (χ4v) is 1.27. The van der Waals surface area contributed by atoms with Gasteiger partial charge in [-0.25, -0.2) is 0 Å². The van der Waals surface area contributed by atoms with Crippen LogP contribution in [0.15, 0.2) is 0 Å². The molecule has 3 unspecified atom stereocenters. The molecule has 0 aliphatic carbocycles. The smallest absolute Gasteiger partial charge is 0.160 e. The summed E-state index contributed by atoms with van der Waals surface area (Å²) in [5.41, 5.74) is 0. The second-order valence-corrected chi connectivity index (χ2v) is 4.04. The lowest BCUT2D eigenvalue weighted by molar-refractivity contribution is -0.126. The molecule has 0 fully saturated rings. The predicted molar refractivity (Wildman–Crippen MR) is 54.5 cm³/mol. The van der Waals surface area contributed by atoms with Crippen LogP contribution in [0.4, 0.5) is 0 Å². The van der Waals surface area contributed by atoms with Crippen LogP contribution in [-0.2, 0) is 4.79 Å². The van der Waals surface area contributed by atoms with Crippen molar-refractivity contribution < 1.29 is 9.90 Å². The van der Waals surface area contributed by atoms with Gasteiger partial charge in [0.1, 0.15) is 6.10 Å². The highest BCUT2D eigenvalue weighted by Crippen LogP contribution is 2.19. The summed E-state index contributed by atoms with van der Waals surface area (Å²) in [6.07, 6.45) is 1.79. The van der Waals surface area contributed by atoms with Crippen LogP contribution in [0.25, 0.3) is 0 Å². The molecule has 13 heavy (non-hydrogen) atoms. The molecule has 0 aromatic carbocycles. The maximum absolute atomic E-state index is 11.1. The summed E-state index contributed by atoms with van der Waals surface area (Å²) in [4.78, 5) is 11.1. The number of rotatable bonds is 6. The number of carbonyl (C=O) groups excluding carboxylic acids is 1. The molecule has 0 saturated carbocycles. The van der Waals surface area contributed by atoms with Gasteiger partial charge in [0.25, 0.3) is 0 Å². The summed E-state index contributed by atoms with van der Waals surface area (Å²) >= 11 is 0. The summed E-state index contributed by atoms with van der Waals surface area (Å²) in [6, 6.07) is 0. The molecule has 0 aliphatic rings. The molecule has 2 nitrogen and oxygen atoms in total. The Balaban J connectivity index is 3.69. The van der Waals surface area contributed by atoms with Gasteiger partial charge in [0, 0.05) is 6.42 Å². The third-order valence-electron chi connectivity index (χ3n) is 2.93. The van der Waals surface area contributed by atoms with Crippen molar-refractivity contribution in [1.82, 2.24) is 0 Å². The van der Waals surface area contributed by atoms with Gasteiger partial charge in [0.2, 0.25) is 0 Å². The van der Waals surface area contributed by atoms with Gasteiger partial charge >= 0.3 is 0 Å². The van der Waals surface area contributed by atoms with Crippen molar-refractivity contribution in [3.63, 3.8) is 0 Å². The highest BCUT2D eigenvalue weighted by Gasteiger charge is 2.14. The first-order valence-corrected chi connectivity index (χ1v) is 5.19. The van der Waals surface area contributed by atoms with Crippen molar-refractivity contribution in [3.8, 4) is 0 Å². The normalized spacial score (nSPS) is 17.9. The quantitative estimate of drug-likeness (QED) is 0.691. The van der Waals surface area contributed by atoms with Crippen molar-refractivity contribution in [2.45, 2.75) is 53.1 Å². The highest BCUT2D eigenvalue weighted by atomic mass is 16.3. The van der Waals surface area contributed by atoms with E-state index in [9.17, 15) is 4.79 Å². The van der Waals surface area contributed by atoms with Gasteiger partial charge in [-0.15, -0.1) is 0 Å². The number of ketones is 1. The Bertz CT molecular complexity index is 152. The average molecular weight is 186 g/mol. The maximum Gasteiger partial charge on any atom is 0.160 e. The van der Waals surface area contributed by atoms with Gasteiger partial charge in [0.05, 0.1) is 0 Å². The number of carbonyl (C=O) groups is 1. The van der Waals surface area contributed by atoms with Crippen LogP contribution in [0.1, 0.15) is 47.0 Å². The summed E-state index contributed by atoms with van der Waals surface area (Å²) < 4.78 is 0. The Morgan fingerprint density at radius 1 is 1.23 bits per heavy atom. The molecule has 0 saturated heterocycles. The molecule has 2 heteroatoms. The molecule has 3 atom stereocenters. The highest BCUT2D eigenvalue weighted by molar-refractivity contribution is 5.82. The standard InChI is InChI=1S/C11H22O2/c1-5-8(2)9(3)6-7-11(13)10(4)12/h8-10,12H,5-7H2,1-4H3. The van der Waals surface area contributed by atoms with Crippen molar-refractivity contribution in [1.29, 1.82) is 0 Å². The van der Waals surface area contributed by atoms with Crippen molar-refractivity contribution >= 4 is 5.78 Å². The number of Topliss-reactive ketones (excluding diaryl/α,β-unsaturated/α-hetero) is 1. The minimum atomic E-state index is -0.788. The second kappa shape index (κ2) is 6.14. The van der Waals surface area contributed by atoms with Gasteiger partial charge in [-0.2, -0.15) is 0 Å². The predicted octanol–water partition coefficient (Wildman–Crippen LogP) is 2.40. The Hall–Kier alpha value is -0.370. The van der Waals surface area contributed by atoms with Crippen molar-refractivity contribution in [3.05, 3.63) is 0 Å². The first-order chi connectivity index (χ1) is 5.99. The lowest BCUT2D eigenvalue weighted by atomic mass is 9.89. The van der Waals surface area contributed by atoms with Crippen molar-refractivity contribution in [2.24, 2.45) is 11.8 Å².